The minimum absolute atomic E-state index is 0.266. The summed E-state index contributed by atoms with van der Waals surface area (Å²) in [6.07, 6.45) is 1.38. The molecule has 4 heteroatoms. The van der Waals surface area contributed by atoms with Crippen LogP contribution in [0.3, 0.4) is 0 Å². The van der Waals surface area contributed by atoms with Crippen molar-refractivity contribution in [3.05, 3.63) is 58.2 Å². The Labute approximate surface area is 184 Å². The van der Waals surface area contributed by atoms with Crippen LogP contribution in [0.2, 0.25) is 0 Å². The van der Waals surface area contributed by atoms with E-state index < -0.39 is 0 Å². The first-order valence-electron chi connectivity index (χ1n) is 10.8. The van der Waals surface area contributed by atoms with Gasteiger partial charge >= 0.3 is 0 Å². The molecular formula is C26H40N2O2. The monoisotopic (exact) mass is 412 g/mol. The van der Waals surface area contributed by atoms with Crippen molar-refractivity contribution in [2.75, 3.05) is 14.2 Å². The summed E-state index contributed by atoms with van der Waals surface area (Å²) < 4.78 is 0. The van der Waals surface area contributed by atoms with Gasteiger partial charge in [0.15, 0.2) is 5.71 Å². The highest BCUT2D eigenvalue weighted by atomic mass is 16.6. The van der Waals surface area contributed by atoms with Gasteiger partial charge in [0.05, 0.1) is 0 Å². The zero-order valence-electron chi connectivity index (χ0n) is 20.6. The van der Waals surface area contributed by atoms with E-state index in [1.807, 2.05) is 71.9 Å². The fourth-order valence-electron chi connectivity index (χ4n) is 2.50. The Morgan fingerprint density at radius 1 is 0.933 bits per heavy atom. The highest BCUT2D eigenvalue weighted by Crippen LogP contribution is 2.30. The summed E-state index contributed by atoms with van der Waals surface area (Å²) in [5.74, 6) is 6.15. The first-order chi connectivity index (χ1) is 14.6. The quantitative estimate of drug-likeness (QED) is 0.274. The van der Waals surface area contributed by atoms with Crippen LogP contribution < -0.4 is 5.32 Å². The first-order valence-corrected chi connectivity index (χ1v) is 10.8. The van der Waals surface area contributed by atoms with Crippen LogP contribution in [0, 0.1) is 11.8 Å². The highest BCUT2D eigenvalue weighted by molar-refractivity contribution is 6.45. The molecule has 0 unspecified atom stereocenters. The van der Waals surface area contributed by atoms with Crippen LogP contribution in [-0.4, -0.2) is 25.8 Å². The lowest BCUT2D eigenvalue weighted by molar-refractivity contribution is -0.114. The van der Waals surface area contributed by atoms with Gasteiger partial charge in [0.2, 0.25) is 0 Å². The van der Waals surface area contributed by atoms with Gasteiger partial charge in [-0.3, -0.25) is 4.79 Å². The normalized spacial score (nSPS) is 12.5. The molecule has 1 aliphatic carbocycles. The maximum atomic E-state index is 12.2. The molecule has 0 aromatic heterocycles. The van der Waals surface area contributed by atoms with Crippen molar-refractivity contribution in [2.24, 2.45) is 5.16 Å². The molecule has 4 nitrogen and oxygen atoms in total. The summed E-state index contributed by atoms with van der Waals surface area (Å²) in [6.45, 7) is 16.2. The van der Waals surface area contributed by atoms with Gasteiger partial charge in [-0.25, -0.2) is 0 Å². The van der Waals surface area contributed by atoms with Crippen molar-refractivity contribution in [3.8, 4) is 11.8 Å². The summed E-state index contributed by atoms with van der Waals surface area (Å²) in [6, 6.07) is 9.80. The molecule has 0 radical (unpaired) electrons. The number of nitrogens with zero attached hydrogens (tertiary/aromatic N) is 1. The number of hydrogen-bond acceptors (Lipinski definition) is 3. The summed E-state index contributed by atoms with van der Waals surface area (Å²) in [5.41, 5.74) is 5.51. The van der Waals surface area contributed by atoms with Crippen LogP contribution in [0.4, 0.5) is 0 Å². The Balaban J connectivity index is 0. The number of benzene rings is 1. The van der Waals surface area contributed by atoms with E-state index in [9.17, 15) is 4.79 Å². The molecular weight excluding hydrogens is 372 g/mol. The second kappa shape index (κ2) is 18.2. The molecule has 1 aromatic rings. The van der Waals surface area contributed by atoms with Gasteiger partial charge in [-0.2, -0.15) is 0 Å². The Bertz CT molecular complexity index is 776. The number of hydrogen-bond donors (Lipinski definition) is 1. The minimum atomic E-state index is -0.266. The van der Waals surface area contributed by atoms with Crippen molar-refractivity contribution in [2.45, 2.75) is 68.2 Å². The predicted octanol–water partition coefficient (Wildman–Crippen LogP) is 6.29. The van der Waals surface area contributed by atoms with Gasteiger partial charge in [0.1, 0.15) is 7.11 Å². The predicted molar refractivity (Wildman–Crippen MR) is 131 cm³/mol. The summed E-state index contributed by atoms with van der Waals surface area (Å²) in [7, 11) is 3.02. The van der Waals surface area contributed by atoms with Crippen molar-refractivity contribution >= 4 is 11.6 Å². The van der Waals surface area contributed by atoms with Crippen LogP contribution in [-0.2, 0) is 9.63 Å². The van der Waals surface area contributed by atoms with Gasteiger partial charge in [-0.1, -0.05) is 87.9 Å². The second-order valence-electron chi connectivity index (χ2n) is 5.69. The molecule has 0 atom stereocenters. The van der Waals surface area contributed by atoms with Gasteiger partial charge in [-0.15, -0.1) is 0 Å². The van der Waals surface area contributed by atoms with Crippen molar-refractivity contribution < 1.29 is 9.63 Å². The van der Waals surface area contributed by atoms with Crippen LogP contribution in [0.5, 0.6) is 0 Å². The molecule has 0 saturated carbocycles. The number of rotatable bonds is 3. The first kappa shape index (κ1) is 29.4. The topological polar surface area (TPSA) is 50.7 Å². The third-order valence-corrected chi connectivity index (χ3v) is 4.02. The Hall–Kier alpha value is -2.80. The Morgan fingerprint density at radius 3 is 1.97 bits per heavy atom. The molecule has 0 saturated heterocycles. The minimum Gasteiger partial charge on any atom is -0.398 e. The van der Waals surface area contributed by atoms with Gasteiger partial charge in [0.25, 0.3) is 5.91 Å². The van der Waals surface area contributed by atoms with E-state index in [2.05, 4.69) is 36.2 Å². The standard InChI is InChI=1S/C20H22N2O2.3C2H6/c1-14-12-17(11-10-16-8-6-5-7-9-16)18(13-15(14)2)19(22-24-4)20(23)21-3;3*1-2/h5-9H,12-13H2,1-4H3,(H,21,23);3*1-2H3/b22-19-;;;. The molecule has 1 N–H and O–H groups in total. The highest BCUT2D eigenvalue weighted by Gasteiger charge is 2.24. The fraction of sp³-hybridized carbons (Fsp3) is 0.462. The van der Waals surface area contributed by atoms with Crippen molar-refractivity contribution in [3.63, 3.8) is 0 Å². The van der Waals surface area contributed by atoms with Crippen molar-refractivity contribution in [1.82, 2.24) is 5.32 Å². The zero-order valence-corrected chi connectivity index (χ0v) is 20.6. The largest absolute Gasteiger partial charge is 0.398 e. The molecule has 1 aromatic carbocycles. The van der Waals surface area contributed by atoms with E-state index in [-0.39, 0.29) is 5.91 Å². The lowest BCUT2D eigenvalue weighted by atomic mass is 9.85. The third-order valence-electron chi connectivity index (χ3n) is 4.02. The maximum Gasteiger partial charge on any atom is 0.273 e. The second-order valence-corrected chi connectivity index (χ2v) is 5.69. The van der Waals surface area contributed by atoms with Crippen LogP contribution >= 0.6 is 0 Å². The summed E-state index contributed by atoms with van der Waals surface area (Å²) in [5, 5.41) is 6.56. The van der Waals surface area contributed by atoms with Crippen LogP contribution in [0.1, 0.15) is 73.8 Å². The number of carbonyl (C=O) groups excluding carboxylic acids is 1. The smallest absolute Gasteiger partial charge is 0.273 e. The van der Waals surface area contributed by atoms with E-state index in [1.54, 1.807) is 7.05 Å². The van der Waals surface area contributed by atoms with Crippen LogP contribution in [0.15, 0.2) is 57.8 Å². The molecule has 0 aliphatic heterocycles. The van der Waals surface area contributed by atoms with E-state index in [0.29, 0.717) is 12.1 Å². The number of amides is 1. The zero-order chi connectivity index (χ0) is 23.5. The van der Waals surface area contributed by atoms with E-state index in [0.717, 1.165) is 23.1 Å². The molecule has 1 aliphatic rings. The molecule has 166 valence electrons. The molecule has 30 heavy (non-hydrogen) atoms. The number of nitrogens with one attached hydrogen (secondary N) is 1. The Kier molecular flexibility index (Phi) is 17.9. The molecule has 0 spiro atoms. The summed E-state index contributed by atoms with van der Waals surface area (Å²) >= 11 is 0. The average Bonchev–Trinajstić information content (AvgIpc) is 2.82. The molecule has 1 amide bonds. The van der Waals surface area contributed by atoms with Gasteiger partial charge in [-0.05, 0) is 32.4 Å². The van der Waals surface area contributed by atoms with Crippen LogP contribution in [0.25, 0.3) is 0 Å². The molecule has 0 fully saturated rings. The number of carbonyl (C=O) groups is 1. The fourth-order valence-corrected chi connectivity index (χ4v) is 2.50. The van der Waals surface area contributed by atoms with E-state index in [1.165, 1.54) is 18.3 Å². The maximum absolute atomic E-state index is 12.2. The summed E-state index contributed by atoms with van der Waals surface area (Å²) in [4.78, 5) is 17.1. The Morgan fingerprint density at radius 2 is 1.47 bits per heavy atom. The van der Waals surface area contributed by atoms with E-state index in [4.69, 9.17) is 4.84 Å². The number of oxime groups is 1. The molecule has 2 rings (SSSR count). The molecule has 0 bridgehead atoms. The number of allylic oxidation sites excluding steroid dienone is 3. The van der Waals surface area contributed by atoms with Gasteiger partial charge < -0.3 is 10.2 Å². The molecule has 0 heterocycles. The lowest BCUT2D eigenvalue weighted by Crippen LogP contribution is -2.30. The lowest BCUT2D eigenvalue weighted by Gasteiger charge is -2.20. The average molecular weight is 413 g/mol. The SMILES string of the molecule is CC.CC.CC.CNC(=O)/C(=N\OC)C1=C(C#Cc2ccccc2)CC(C)=C(C)C1. The van der Waals surface area contributed by atoms with Gasteiger partial charge in [0, 0.05) is 30.2 Å². The van der Waals surface area contributed by atoms with E-state index >= 15 is 0 Å². The van der Waals surface area contributed by atoms with Crippen molar-refractivity contribution in [1.29, 1.82) is 0 Å². The third kappa shape index (κ3) is 9.60.